The molecule has 0 saturated heterocycles. The first kappa shape index (κ1) is 12.5. The van der Waals surface area contributed by atoms with E-state index in [-0.39, 0.29) is 5.54 Å². The van der Waals surface area contributed by atoms with Gasteiger partial charge in [0.1, 0.15) is 0 Å². The highest BCUT2D eigenvalue weighted by Crippen LogP contribution is 2.24. The van der Waals surface area contributed by atoms with Gasteiger partial charge >= 0.3 is 0 Å². The zero-order valence-corrected chi connectivity index (χ0v) is 10.7. The van der Waals surface area contributed by atoms with Crippen LogP contribution in [0, 0.1) is 6.92 Å². The van der Waals surface area contributed by atoms with Gasteiger partial charge in [0, 0.05) is 18.5 Å². The molecule has 3 nitrogen and oxygen atoms in total. The third-order valence-corrected chi connectivity index (χ3v) is 3.32. The van der Waals surface area contributed by atoms with E-state index < -0.39 is 0 Å². The van der Waals surface area contributed by atoms with Crippen LogP contribution in [0.5, 0.6) is 0 Å². The van der Waals surface area contributed by atoms with Gasteiger partial charge in [0.05, 0.1) is 16.4 Å². The molecular formula is C11H20ClN3. The smallest absolute Gasteiger partial charge is 0.0847 e. The fourth-order valence-electron chi connectivity index (χ4n) is 1.55. The van der Waals surface area contributed by atoms with E-state index in [1.807, 2.05) is 18.5 Å². The quantitative estimate of drug-likeness (QED) is 0.863. The average molecular weight is 230 g/mol. The Morgan fingerprint density at radius 1 is 1.47 bits per heavy atom. The summed E-state index contributed by atoms with van der Waals surface area (Å²) in [5, 5.41) is 5.14. The number of halogens is 1. The van der Waals surface area contributed by atoms with Gasteiger partial charge in [0.25, 0.3) is 0 Å². The lowest BCUT2D eigenvalue weighted by molar-refractivity contribution is 0.431. The monoisotopic (exact) mass is 229 g/mol. The molecule has 1 rings (SSSR count). The van der Waals surface area contributed by atoms with E-state index in [1.54, 1.807) is 0 Å². The molecule has 0 bridgehead atoms. The molecule has 0 fully saturated rings. The van der Waals surface area contributed by atoms with Crippen LogP contribution in [-0.2, 0) is 13.0 Å². The zero-order chi connectivity index (χ0) is 11.6. The van der Waals surface area contributed by atoms with Gasteiger partial charge in [0.15, 0.2) is 0 Å². The second-order valence-corrected chi connectivity index (χ2v) is 4.72. The molecule has 0 aliphatic heterocycles. The van der Waals surface area contributed by atoms with E-state index in [4.69, 9.17) is 17.3 Å². The third-order valence-electron chi connectivity index (χ3n) is 2.83. The Morgan fingerprint density at radius 2 is 2.07 bits per heavy atom. The second kappa shape index (κ2) is 4.54. The van der Waals surface area contributed by atoms with Crippen LogP contribution in [0.15, 0.2) is 0 Å². The molecule has 86 valence electrons. The van der Waals surface area contributed by atoms with Crippen molar-refractivity contribution in [2.75, 3.05) is 0 Å². The van der Waals surface area contributed by atoms with Crippen LogP contribution in [0.3, 0.4) is 0 Å². The minimum atomic E-state index is -0.205. The van der Waals surface area contributed by atoms with Crippen LogP contribution in [0.2, 0.25) is 5.02 Å². The maximum absolute atomic E-state index is 6.22. The van der Waals surface area contributed by atoms with Crippen LogP contribution in [0.25, 0.3) is 0 Å². The Bertz CT molecular complexity index is 342. The minimum absolute atomic E-state index is 0.205. The van der Waals surface area contributed by atoms with Crippen molar-refractivity contribution in [3.05, 3.63) is 16.4 Å². The van der Waals surface area contributed by atoms with Gasteiger partial charge in [-0.3, -0.25) is 4.68 Å². The predicted molar refractivity (Wildman–Crippen MR) is 64.2 cm³/mol. The van der Waals surface area contributed by atoms with Crippen molar-refractivity contribution in [2.24, 2.45) is 5.73 Å². The highest BCUT2D eigenvalue weighted by atomic mass is 35.5. The molecule has 1 unspecified atom stereocenters. The summed E-state index contributed by atoms with van der Waals surface area (Å²) in [4.78, 5) is 0. The fraction of sp³-hybridized carbons (Fsp3) is 0.727. The van der Waals surface area contributed by atoms with Gasteiger partial charge in [-0.15, -0.1) is 0 Å². The molecule has 1 aromatic heterocycles. The molecule has 1 heterocycles. The summed E-state index contributed by atoms with van der Waals surface area (Å²) < 4.78 is 1.94. The second-order valence-electron chi connectivity index (χ2n) is 4.35. The van der Waals surface area contributed by atoms with Gasteiger partial charge in [0.2, 0.25) is 0 Å². The van der Waals surface area contributed by atoms with E-state index in [0.717, 1.165) is 35.8 Å². The maximum Gasteiger partial charge on any atom is 0.0847 e. The molecule has 4 heteroatoms. The molecule has 0 saturated carbocycles. The van der Waals surface area contributed by atoms with Gasteiger partial charge < -0.3 is 5.73 Å². The summed E-state index contributed by atoms with van der Waals surface area (Å²) in [5.74, 6) is 0. The summed E-state index contributed by atoms with van der Waals surface area (Å²) in [6.45, 7) is 8.96. The van der Waals surface area contributed by atoms with E-state index in [2.05, 4.69) is 18.9 Å². The van der Waals surface area contributed by atoms with Gasteiger partial charge in [-0.25, -0.2) is 0 Å². The first-order chi connectivity index (χ1) is 6.91. The maximum atomic E-state index is 6.22. The Morgan fingerprint density at radius 3 is 2.53 bits per heavy atom. The van der Waals surface area contributed by atoms with Crippen molar-refractivity contribution >= 4 is 11.6 Å². The number of aromatic nitrogens is 2. The fourth-order valence-corrected chi connectivity index (χ4v) is 1.75. The molecule has 0 aliphatic carbocycles. The van der Waals surface area contributed by atoms with Crippen LogP contribution in [0.1, 0.15) is 38.6 Å². The normalized spacial score (nSPS) is 15.3. The summed E-state index contributed by atoms with van der Waals surface area (Å²) in [6, 6.07) is 0. The number of aryl methyl sites for hydroxylation is 2. The molecule has 15 heavy (non-hydrogen) atoms. The Hall–Kier alpha value is -0.540. The van der Waals surface area contributed by atoms with Crippen molar-refractivity contribution in [2.45, 2.75) is 52.6 Å². The molecule has 2 N–H and O–H groups in total. The number of nitrogens with two attached hydrogens (primary N) is 1. The summed E-state index contributed by atoms with van der Waals surface area (Å²) in [7, 11) is 0. The molecule has 0 amide bonds. The highest BCUT2D eigenvalue weighted by Gasteiger charge is 2.22. The highest BCUT2D eigenvalue weighted by molar-refractivity contribution is 6.31. The predicted octanol–water partition coefficient (Wildman–Crippen LogP) is 2.53. The van der Waals surface area contributed by atoms with Gasteiger partial charge in [-0.05, 0) is 27.2 Å². The Labute approximate surface area is 96.6 Å². The molecule has 1 atom stereocenters. The molecule has 0 spiro atoms. The van der Waals surface area contributed by atoms with E-state index in [0.29, 0.717) is 0 Å². The minimum Gasteiger partial charge on any atom is -0.325 e. The Balaban J connectivity index is 3.03. The van der Waals surface area contributed by atoms with E-state index in [9.17, 15) is 0 Å². The van der Waals surface area contributed by atoms with Crippen molar-refractivity contribution < 1.29 is 0 Å². The summed E-state index contributed by atoms with van der Waals surface area (Å²) in [5.41, 5.74) is 7.89. The Kier molecular flexibility index (Phi) is 3.79. The lowest BCUT2D eigenvalue weighted by atomic mass is 9.94. The standard InChI is InChI=1S/C11H20ClN3/c1-5-11(4,13)7-9-10(12)8(3)14-15(9)6-2/h5-7,13H2,1-4H3. The van der Waals surface area contributed by atoms with E-state index in [1.165, 1.54) is 0 Å². The lowest BCUT2D eigenvalue weighted by Crippen LogP contribution is -2.38. The molecule has 1 aromatic rings. The van der Waals surface area contributed by atoms with Crippen LogP contribution < -0.4 is 5.73 Å². The first-order valence-corrected chi connectivity index (χ1v) is 5.79. The van der Waals surface area contributed by atoms with Gasteiger partial charge in [-0.1, -0.05) is 18.5 Å². The molecule has 0 radical (unpaired) electrons. The van der Waals surface area contributed by atoms with Crippen LogP contribution in [0.4, 0.5) is 0 Å². The van der Waals surface area contributed by atoms with Crippen molar-refractivity contribution in [1.29, 1.82) is 0 Å². The van der Waals surface area contributed by atoms with E-state index >= 15 is 0 Å². The van der Waals surface area contributed by atoms with Gasteiger partial charge in [-0.2, -0.15) is 5.10 Å². The average Bonchev–Trinajstić information content (AvgIpc) is 2.45. The van der Waals surface area contributed by atoms with Crippen LogP contribution >= 0.6 is 11.6 Å². The number of hydrogen-bond donors (Lipinski definition) is 1. The summed E-state index contributed by atoms with van der Waals surface area (Å²) in [6.07, 6.45) is 1.70. The van der Waals surface area contributed by atoms with Crippen molar-refractivity contribution in [3.63, 3.8) is 0 Å². The SMILES string of the molecule is CCn1nc(C)c(Cl)c1CC(C)(N)CC. The lowest BCUT2D eigenvalue weighted by Gasteiger charge is -2.23. The van der Waals surface area contributed by atoms with Crippen LogP contribution in [-0.4, -0.2) is 15.3 Å². The van der Waals surface area contributed by atoms with Crippen molar-refractivity contribution in [1.82, 2.24) is 9.78 Å². The molecule has 0 aliphatic rings. The molecular weight excluding hydrogens is 210 g/mol. The zero-order valence-electron chi connectivity index (χ0n) is 9.97. The topological polar surface area (TPSA) is 43.8 Å². The number of hydrogen-bond acceptors (Lipinski definition) is 2. The third kappa shape index (κ3) is 2.73. The molecule has 0 aromatic carbocycles. The largest absolute Gasteiger partial charge is 0.325 e. The number of rotatable bonds is 4. The number of nitrogens with zero attached hydrogens (tertiary/aromatic N) is 2. The van der Waals surface area contributed by atoms with Crippen molar-refractivity contribution in [3.8, 4) is 0 Å². The first-order valence-electron chi connectivity index (χ1n) is 5.42. The summed E-state index contributed by atoms with van der Waals surface area (Å²) >= 11 is 6.22.